The van der Waals surface area contributed by atoms with Gasteiger partial charge in [0.1, 0.15) is 17.2 Å². The number of benzene rings is 1. The number of carbonyl (C=O) groups excluding carboxylic acids is 1. The lowest BCUT2D eigenvalue weighted by Crippen LogP contribution is -2.40. The molecule has 7 heteroatoms. The van der Waals surface area contributed by atoms with Crippen LogP contribution in [-0.2, 0) is 10.4 Å². The van der Waals surface area contributed by atoms with Crippen molar-refractivity contribution < 1.29 is 19.0 Å². The zero-order chi connectivity index (χ0) is 16.2. The van der Waals surface area contributed by atoms with Gasteiger partial charge in [0.05, 0.1) is 11.6 Å². The zero-order valence-electron chi connectivity index (χ0n) is 11.8. The SMILES string of the molecule is CC(O)(CNC(=O)COc1ccc(F)c(Cl)c1)c1cccs1. The van der Waals surface area contributed by atoms with E-state index in [9.17, 15) is 14.3 Å². The van der Waals surface area contributed by atoms with Crippen LogP contribution in [0.5, 0.6) is 5.75 Å². The number of rotatable bonds is 6. The van der Waals surface area contributed by atoms with E-state index in [4.69, 9.17) is 16.3 Å². The molecule has 0 aliphatic carbocycles. The van der Waals surface area contributed by atoms with E-state index in [2.05, 4.69) is 5.32 Å². The van der Waals surface area contributed by atoms with Crippen molar-refractivity contribution in [1.29, 1.82) is 0 Å². The number of halogens is 2. The molecule has 2 rings (SSSR count). The topological polar surface area (TPSA) is 58.6 Å². The molecule has 0 radical (unpaired) electrons. The third kappa shape index (κ3) is 4.43. The number of ether oxygens (including phenoxy) is 1. The molecular weight excluding hydrogens is 329 g/mol. The Morgan fingerprint density at radius 2 is 2.27 bits per heavy atom. The van der Waals surface area contributed by atoms with Crippen molar-refractivity contribution in [3.8, 4) is 5.75 Å². The minimum atomic E-state index is -1.14. The van der Waals surface area contributed by atoms with Crippen molar-refractivity contribution in [3.63, 3.8) is 0 Å². The molecule has 1 amide bonds. The first-order chi connectivity index (χ1) is 10.4. The molecule has 2 N–H and O–H groups in total. The molecule has 0 aliphatic rings. The number of hydrogen-bond donors (Lipinski definition) is 2. The third-order valence-corrected chi connectivity index (χ3v) is 4.36. The highest BCUT2D eigenvalue weighted by molar-refractivity contribution is 7.10. The molecule has 0 fully saturated rings. The van der Waals surface area contributed by atoms with Crippen molar-refractivity contribution >= 4 is 28.8 Å². The van der Waals surface area contributed by atoms with Gasteiger partial charge >= 0.3 is 0 Å². The van der Waals surface area contributed by atoms with Crippen molar-refractivity contribution in [2.75, 3.05) is 13.2 Å². The van der Waals surface area contributed by atoms with E-state index in [1.807, 2.05) is 11.4 Å². The van der Waals surface area contributed by atoms with Gasteiger partial charge in [-0.3, -0.25) is 4.79 Å². The predicted octanol–water partition coefficient (Wildman–Crippen LogP) is 2.94. The standard InChI is InChI=1S/C15H15ClFNO3S/c1-15(20,13-3-2-6-22-13)9-18-14(19)8-21-10-4-5-12(17)11(16)7-10/h2-7,20H,8-9H2,1H3,(H,18,19). The highest BCUT2D eigenvalue weighted by Gasteiger charge is 2.24. The molecular formula is C15H15ClFNO3S. The molecule has 0 aliphatic heterocycles. The maximum absolute atomic E-state index is 13.0. The summed E-state index contributed by atoms with van der Waals surface area (Å²) in [7, 11) is 0. The second-order valence-corrected chi connectivity index (χ2v) is 6.25. The molecule has 0 spiro atoms. The van der Waals surface area contributed by atoms with Crippen LogP contribution in [0.25, 0.3) is 0 Å². The van der Waals surface area contributed by atoms with Gasteiger partial charge in [-0.25, -0.2) is 4.39 Å². The molecule has 118 valence electrons. The summed E-state index contributed by atoms with van der Waals surface area (Å²) in [5.41, 5.74) is -1.14. The quantitative estimate of drug-likeness (QED) is 0.847. The van der Waals surface area contributed by atoms with Crippen LogP contribution in [0.2, 0.25) is 5.02 Å². The molecule has 1 aromatic heterocycles. The van der Waals surface area contributed by atoms with E-state index in [0.29, 0.717) is 5.75 Å². The molecule has 0 saturated heterocycles. The van der Waals surface area contributed by atoms with E-state index < -0.39 is 17.3 Å². The maximum Gasteiger partial charge on any atom is 0.258 e. The number of amides is 1. The number of aliphatic hydroxyl groups is 1. The lowest BCUT2D eigenvalue weighted by Gasteiger charge is -2.22. The monoisotopic (exact) mass is 343 g/mol. The Morgan fingerprint density at radius 1 is 1.50 bits per heavy atom. The normalized spacial score (nSPS) is 13.5. The average Bonchev–Trinajstić information content (AvgIpc) is 3.01. The van der Waals surface area contributed by atoms with Gasteiger partial charge < -0.3 is 15.2 Å². The fourth-order valence-electron chi connectivity index (χ4n) is 1.71. The van der Waals surface area contributed by atoms with Gasteiger partial charge in [0.2, 0.25) is 0 Å². The Labute approximate surface area is 136 Å². The van der Waals surface area contributed by atoms with Crippen LogP contribution in [-0.4, -0.2) is 24.2 Å². The molecule has 1 aromatic carbocycles. The van der Waals surface area contributed by atoms with E-state index in [0.717, 1.165) is 10.9 Å². The van der Waals surface area contributed by atoms with Gasteiger partial charge in [-0.05, 0) is 30.5 Å². The van der Waals surface area contributed by atoms with Crippen LogP contribution < -0.4 is 10.1 Å². The Morgan fingerprint density at radius 3 is 2.91 bits per heavy atom. The molecule has 1 atom stereocenters. The molecule has 22 heavy (non-hydrogen) atoms. The number of thiophene rings is 1. The molecule has 1 unspecified atom stereocenters. The Hall–Kier alpha value is -1.63. The minimum absolute atomic E-state index is 0.0693. The number of hydrogen-bond acceptors (Lipinski definition) is 4. The molecule has 0 saturated carbocycles. The van der Waals surface area contributed by atoms with E-state index in [-0.39, 0.29) is 18.2 Å². The van der Waals surface area contributed by atoms with Crippen LogP contribution in [0.1, 0.15) is 11.8 Å². The smallest absolute Gasteiger partial charge is 0.258 e. The highest BCUT2D eigenvalue weighted by Crippen LogP contribution is 2.24. The van der Waals surface area contributed by atoms with Crippen LogP contribution in [0, 0.1) is 5.82 Å². The first-order valence-corrected chi connectivity index (χ1v) is 7.75. The Kier molecular flexibility index (Phi) is 5.39. The van der Waals surface area contributed by atoms with E-state index >= 15 is 0 Å². The highest BCUT2D eigenvalue weighted by atomic mass is 35.5. The van der Waals surface area contributed by atoms with E-state index in [1.165, 1.54) is 23.5 Å². The lowest BCUT2D eigenvalue weighted by atomic mass is 10.1. The first kappa shape index (κ1) is 16.7. The van der Waals surface area contributed by atoms with Crippen molar-refractivity contribution in [2.45, 2.75) is 12.5 Å². The fraction of sp³-hybridized carbons (Fsp3) is 0.267. The molecule has 2 aromatic rings. The maximum atomic E-state index is 13.0. The second-order valence-electron chi connectivity index (χ2n) is 4.89. The van der Waals surface area contributed by atoms with Crippen LogP contribution in [0.4, 0.5) is 4.39 Å². The minimum Gasteiger partial charge on any atom is -0.484 e. The van der Waals surface area contributed by atoms with Crippen molar-refractivity contribution in [3.05, 3.63) is 51.4 Å². The summed E-state index contributed by atoms with van der Waals surface area (Å²) in [4.78, 5) is 12.5. The first-order valence-electron chi connectivity index (χ1n) is 6.49. The van der Waals surface area contributed by atoms with Crippen molar-refractivity contribution in [1.82, 2.24) is 5.32 Å². The summed E-state index contributed by atoms with van der Waals surface area (Å²) in [5.74, 6) is -0.644. The Bertz CT molecular complexity index is 646. The van der Waals surface area contributed by atoms with Crippen LogP contribution in [0.3, 0.4) is 0 Å². The Balaban J connectivity index is 1.82. The van der Waals surface area contributed by atoms with Crippen LogP contribution >= 0.6 is 22.9 Å². The van der Waals surface area contributed by atoms with Gasteiger partial charge in [0.15, 0.2) is 6.61 Å². The van der Waals surface area contributed by atoms with Gasteiger partial charge in [-0.15, -0.1) is 11.3 Å². The van der Waals surface area contributed by atoms with Gasteiger partial charge in [0, 0.05) is 10.9 Å². The zero-order valence-corrected chi connectivity index (χ0v) is 13.4. The third-order valence-electron chi connectivity index (χ3n) is 2.94. The van der Waals surface area contributed by atoms with Crippen molar-refractivity contribution in [2.24, 2.45) is 0 Å². The summed E-state index contributed by atoms with van der Waals surface area (Å²) in [6.07, 6.45) is 0. The van der Waals surface area contributed by atoms with E-state index in [1.54, 1.807) is 13.0 Å². The molecule has 4 nitrogen and oxygen atoms in total. The fourth-order valence-corrected chi connectivity index (χ4v) is 2.67. The second kappa shape index (κ2) is 7.09. The summed E-state index contributed by atoms with van der Waals surface area (Å²) in [6.45, 7) is 1.45. The summed E-state index contributed by atoms with van der Waals surface area (Å²) < 4.78 is 18.2. The number of nitrogens with one attached hydrogen (secondary N) is 1. The average molecular weight is 344 g/mol. The largest absolute Gasteiger partial charge is 0.484 e. The number of carbonyl (C=O) groups is 1. The summed E-state index contributed by atoms with van der Waals surface area (Å²) in [5, 5.41) is 14.6. The molecule has 0 bridgehead atoms. The van der Waals surface area contributed by atoms with Gasteiger partial charge in [-0.2, -0.15) is 0 Å². The predicted molar refractivity (Wildman–Crippen MR) is 83.8 cm³/mol. The molecule has 1 heterocycles. The van der Waals surface area contributed by atoms with Crippen LogP contribution in [0.15, 0.2) is 35.7 Å². The summed E-state index contributed by atoms with van der Waals surface area (Å²) in [6, 6.07) is 7.48. The van der Waals surface area contributed by atoms with Gasteiger partial charge in [-0.1, -0.05) is 17.7 Å². The summed E-state index contributed by atoms with van der Waals surface area (Å²) >= 11 is 7.03. The van der Waals surface area contributed by atoms with Gasteiger partial charge in [0.25, 0.3) is 5.91 Å². The lowest BCUT2D eigenvalue weighted by molar-refractivity contribution is -0.124.